The van der Waals surface area contributed by atoms with Gasteiger partial charge in [0.1, 0.15) is 12.4 Å². The zero-order valence-corrected chi connectivity index (χ0v) is 18.7. The number of amides is 1. The Kier molecular flexibility index (Phi) is 6.03. The van der Waals surface area contributed by atoms with Gasteiger partial charge in [-0.1, -0.05) is 32.0 Å². The quantitative estimate of drug-likeness (QED) is 0.607. The Balaban J connectivity index is 1.85. The SMILES string of the molecule is CCC(CC)n1nc(C(=O)NC2COc3ccccc32)c2cc(OC)c(OC)cc2c1=O. The number of carbonyl (C=O) groups is 1. The van der Waals surface area contributed by atoms with E-state index in [1.54, 1.807) is 12.1 Å². The molecule has 1 N–H and O–H groups in total. The summed E-state index contributed by atoms with van der Waals surface area (Å²) in [5, 5.41) is 8.32. The highest BCUT2D eigenvalue weighted by Crippen LogP contribution is 2.34. The second-order valence-corrected chi connectivity index (χ2v) is 7.70. The van der Waals surface area contributed by atoms with Crippen LogP contribution in [0.25, 0.3) is 10.8 Å². The van der Waals surface area contributed by atoms with E-state index in [-0.39, 0.29) is 29.2 Å². The van der Waals surface area contributed by atoms with Crippen LogP contribution in [0.1, 0.15) is 54.8 Å². The molecule has 1 unspecified atom stereocenters. The van der Waals surface area contributed by atoms with Crippen LogP contribution in [-0.2, 0) is 0 Å². The molecule has 8 heteroatoms. The summed E-state index contributed by atoms with van der Waals surface area (Å²) in [6.45, 7) is 4.33. The first-order valence-corrected chi connectivity index (χ1v) is 10.7. The molecular weight excluding hydrogens is 410 g/mol. The van der Waals surface area contributed by atoms with Crippen LogP contribution in [0.15, 0.2) is 41.2 Å². The number of nitrogens with one attached hydrogen (secondary N) is 1. The van der Waals surface area contributed by atoms with Gasteiger partial charge in [0.25, 0.3) is 11.5 Å². The van der Waals surface area contributed by atoms with Crippen molar-refractivity contribution in [2.75, 3.05) is 20.8 Å². The normalized spacial score (nSPS) is 14.8. The predicted molar refractivity (Wildman–Crippen MR) is 121 cm³/mol. The van der Waals surface area contributed by atoms with E-state index in [9.17, 15) is 9.59 Å². The average molecular weight is 437 g/mol. The van der Waals surface area contributed by atoms with Crippen LogP contribution in [0.5, 0.6) is 17.2 Å². The van der Waals surface area contributed by atoms with Crippen LogP contribution in [0.3, 0.4) is 0 Å². The van der Waals surface area contributed by atoms with E-state index in [4.69, 9.17) is 14.2 Å². The second kappa shape index (κ2) is 8.90. The molecule has 0 aliphatic carbocycles. The number of benzene rings is 2. The Morgan fingerprint density at radius 1 is 1.16 bits per heavy atom. The molecule has 1 atom stereocenters. The summed E-state index contributed by atoms with van der Waals surface area (Å²) in [4.78, 5) is 26.7. The Morgan fingerprint density at radius 2 is 1.81 bits per heavy atom. The van der Waals surface area contributed by atoms with Crippen molar-refractivity contribution in [3.8, 4) is 17.2 Å². The van der Waals surface area contributed by atoms with Gasteiger partial charge in [-0.2, -0.15) is 5.10 Å². The predicted octanol–water partition coefficient (Wildman–Crippen LogP) is 3.64. The first-order valence-electron chi connectivity index (χ1n) is 10.7. The highest BCUT2D eigenvalue weighted by atomic mass is 16.5. The van der Waals surface area contributed by atoms with E-state index in [1.807, 2.05) is 38.1 Å². The number of para-hydroxylation sites is 1. The smallest absolute Gasteiger partial charge is 0.275 e. The van der Waals surface area contributed by atoms with Crippen molar-refractivity contribution < 1.29 is 19.0 Å². The number of fused-ring (bicyclic) bond motifs is 2. The third kappa shape index (κ3) is 3.66. The van der Waals surface area contributed by atoms with Gasteiger partial charge in [0.05, 0.1) is 31.7 Å². The first-order chi connectivity index (χ1) is 15.5. The minimum atomic E-state index is -0.382. The van der Waals surface area contributed by atoms with E-state index < -0.39 is 0 Å². The van der Waals surface area contributed by atoms with Crippen LogP contribution in [0.2, 0.25) is 0 Å². The molecule has 0 bridgehead atoms. The lowest BCUT2D eigenvalue weighted by Crippen LogP contribution is -2.34. The molecule has 32 heavy (non-hydrogen) atoms. The maximum absolute atomic E-state index is 13.4. The molecule has 2 aromatic carbocycles. The van der Waals surface area contributed by atoms with E-state index in [1.165, 1.54) is 18.9 Å². The lowest BCUT2D eigenvalue weighted by molar-refractivity contribution is 0.0924. The Morgan fingerprint density at radius 3 is 2.47 bits per heavy atom. The molecule has 168 valence electrons. The summed E-state index contributed by atoms with van der Waals surface area (Å²) >= 11 is 0. The van der Waals surface area contributed by atoms with Crippen molar-refractivity contribution in [1.82, 2.24) is 15.1 Å². The standard InChI is InChI=1S/C24H27N3O5/c1-5-14(6-2)27-24(29)17-12-21(31-4)20(30-3)11-16(17)22(26-27)23(28)25-18-13-32-19-10-8-7-9-15(18)19/h7-12,14,18H,5-6,13H2,1-4H3,(H,25,28). The van der Waals surface area contributed by atoms with E-state index in [2.05, 4.69) is 10.4 Å². The zero-order chi connectivity index (χ0) is 22.8. The molecule has 1 aromatic heterocycles. The number of ether oxygens (including phenoxy) is 3. The molecule has 2 heterocycles. The van der Waals surface area contributed by atoms with E-state index in [0.29, 0.717) is 41.7 Å². The number of rotatable bonds is 7. The van der Waals surface area contributed by atoms with Crippen molar-refractivity contribution >= 4 is 16.7 Å². The Hall–Kier alpha value is -3.55. The molecule has 0 spiro atoms. The number of hydrogen-bond donors (Lipinski definition) is 1. The number of aromatic nitrogens is 2. The zero-order valence-electron chi connectivity index (χ0n) is 18.7. The van der Waals surface area contributed by atoms with Crippen molar-refractivity contribution in [2.45, 2.75) is 38.8 Å². The van der Waals surface area contributed by atoms with Gasteiger partial charge in [-0.3, -0.25) is 9.59 Å². The van der Waals surface area contributed by atoms with Crippen LogP contribution >= 0.6 is 0 Å². The van der Waals surface area contributed by atoms with Crippen LogP contribution in [-0.4, -0.2) is 36.5 Å². The molecule has 1 amide bonds. The van der Waals surface area contributed by atoms with Crippen LogP contribution in [0, 0.1) is 0 Å². The molecule has 8 nitrogen and oxygen atoms in total. The topological polar surface area (TPSA) is 91.7 Å². The molecule has 1 aliphatic heterocycles. The number of nitrogens with zero attached hydrogens (tertiary/aromatic N) is 2. The van der Waals surface area contributed by atoms with Gasteiger partial charge in [0.2, 0.25) is 0 Å². The third-order valence-electron chi connectivity index (χ3n) is 5.93. The molecule has 0 saturated heterocycles. The van der Waals surface area contributed by atoms with E-state index >= 15 is 0 Å². The highest BCUT2D eigenvalue weighted by Gasteiger charge is 2.28. The van der Waals surface area contributed by atoms with Crippen molar-refractivity contribution in [2.24, 2.45) is 0 Å². The van der Waals surface area contributed by atoms with Crippen molar-refractivity contribution in [3.63, 3.8) is 0 Å². The Bertz CT molecular complexity index is 1220. The molecule has 3 aromatic rings. The summed E-state index contributed by atoms with van der Waals surface area (Å²) < 4.78 is 17.9. The summed E-state index contributed by atoms with van der Waals surface area (Å²) in [7, 11) is 3.02. The maximum Gasteiger partial charge on any atom is 0.275 e. The molecule has 0 fully saturated rings. The minimum absolute atomic E-state index is 0.123. The maximum atomic E-state index is 13.4. The average Bonchev–Trinajstić information content (AvgIpc) is 3.23. The molecule has 0 radical (unpaired) electrons. The van der Waals surface area contributed by atoms with E-state index in [0.717, 1.165) is 11.3 Å². The second-order valence-electron chi connectivity index (χ2n) is 7.70. The number of hydrogen-bond acceptors (Lipinski definition) is 6. The van der Waals surface area contributed by atoms with Gasteiger partial charge >= 0.3 is 0 Å². The van der Waals surface area contributed by atoms with Crippen LogP contribution in [0.4, 0.5) is 0 Å². The third-order valence-corrected chi connectivity index (χ3v) is 5.93. The highest BCUT2D eigenvalue weighted by molar-refractivity contribution is 6.05. The summed E-state index contributed by atoms with van der Waals surface area (Å²) in [5.41, 5.74) is 0.815. The summed E-state index contributed by atoms with van der Waals surface area (Å²) in [6, 6.07) is 10.4. The van der Waals surface area contributed by atoms with Crippen molar-refractivity contribution in [1.29, 1.82) is 0 Å². The lowest BCUT2D eigenvalue weighted by Gasteiger charge is -2.19. The lowest BCUT2D eigenvalue weighted by atomic mass is 10.1. The molecule has 0 saturated carbocycles. The van der Waals surface area contributed by atoms with Gasteiger partial charge in [-0.25, -0.2) is 4.68 Å². The summed E-state index contributed by atoms with van der Waals surface area (Å²) in [6.07, 6.45) is 1.43. The first kappa shape index (κ1) is 21.7. The van der Waals surface area contributed by atoms with Gasteiger partial charge < -0.3 is 19.5 Å². The monoisotopic (exact) mass is 437 g/mol. The number of carbonyl (C=O) groups excluding carboxylic acids is 1. The fraction of sp³-hybridized carbons (Fsp3) is 0.375. The fourth-order valence-corrected chi connectivity index (χ4v) is 4.14. The van der Waals surface area contributed by atoms with Gasteiger partial charge in [-0.05, 0) is 31.0 Å². The fourth-order valence-electron chi connectivity index (χ4n) is 4.14. The van der Waals surface area contributed by atoms with Crippen molar-refractivity contribution in [3.05, 3.63) is 58.0 Å². The van der Waals surface area contributed by atoms with Gasteiger partial charge in [0.15, 0.2) is 17.2 Å². The summed E-state index contributed by atoms with van der Waals surface area (Å²) in [5.74, 6) is 1.21. The number of methoxy groups -OCH3 is 2. The van der Waals surface area contributed by atoms with Crippen LogP contribution < -0.4 is 25.1 Å². The largest absolute Gasteiger partial charge is 0.493 e. The van der Waals surface area contributed by atoms with Gasteiger partial charge in [0, 0.05) is 10.9 Å². The molecular formula is C24H27N3O5. The Labute approximate surface area is 186 Å². The van der Waals surface area contributed by atoms with Gasteiger partial charge in [-0.15, -0.1) is 0 Å². The molecule has 4 rings (SSSR count). The minimum Gasteiger partial charge on any atom is -0.493 e. The molecule has 1 aliphatic rings.